The van der Waals surface area contributed by atoms with Crippen molar-refractivity contribution in [2.24, 2.45) is 0 Å². The summed E-state index contributed by atoms with van der Waals surface area (Å²) in [7, 11) is 0. The number of carbonyl (C=O) groups is 1. The molecule has 2 N–H and O–H groups in total. The number of aromatic nitrogens is 1. The molecule has 1 amide bonds. The monoisotopic (exact) mass is 266 g/mol. The van der Waals surface area contributed by atoms with Crippen LogP contribution in [-0.4, -0.2) is 16.7 Å². The van der Waals surface area contributed by atoms with Crippen LogP contribution >= 0.6 is 11.6 Å². The molecule has 0 aliphatic rings. The SMILES string of the molecule is CC(C)(C)OC(=O)Nc1c[nH]c2ccc(Cl)cc12. The van der Waals surface area contributed by atoms with Crippen LogP contribution in [0.2, 0.25) is 5.02 Å². The van der Waals surface area contributed by atoms with E-state index in [9.17, 15) is 4.79 Å². The van der Waals surface area contributed by atoms with Gasteiger partial charge >= 0.3 is 6.09 Å². The average molecular weight is 267 g/mol. The van der Waals surface area contributed by atoms with Gasteiger partial charge in [-0.1, -0.05) is 11.6 Å². The van der Waals surface area contributed by atoms with Crippen LogP contribution in [0.25, 0.3) is 10.9 Å². The van der Waals surface area contributed by atoms with Crippen molar-refractivity contribution in [1.29, 1.82) is 0 Å². The summed E-state index contributed by atoms with van der Waals surface area (Å²) >= 11 is 5.93. The third-order valence-electron chi connectivity index (χ3n) is 2.28. The van der Waals surface area contributed by atoms with Crippen molar-refractivity contribution in [3.8, 4) is 0 Å². The molecule has 0 aliphatic carbocycles. The zero-order valence-corrected chi connectivity index (χ0v) is 11.3. The number of ether oxygens (including phenoxy) is 1. The maximum atomic E-state index is 11.7. The number of halogens is 1. The quantitative estimate of drug-likeness (QED) is 0.814. The Labute approximate surface area is 110 Å². The molecule has 0 saturated heterocycles. The number of nitrogens with one attached hydrogen (secondary N) is 2. The van der Waals surface area contributed by atoms with Gasteiger partial charge in [0.1, 0.15) is 5.60 Å². The first-order valence-corrected chi connectivity index (χ1v) is 5.99. The van der Waals surface area contributed by atoms with Crippen LogP contribution in [-0.2, 0) is 4.74 Å². The lowest BCUT2D eigenvalue weighted by Gasteiger charge is -2.19. The van der Waals surface area contributed by atoms with Gasteiger partial charge in [0.25, 0.3) is 0 Å². The van der Waals surface area contributed by atoms with Crippen molar-refractivity contribution >= 4 is 34.3 Å². The Morgan fingerprint density at radius 3 is 2.78 bits per heavy atom. The van der Waals surface area contributed by atoms with E-state index in [1.165, 1.54) is 0 Å². The Hall–Kier alpha value is -1.68. The number of anilines is 1. The molecule has 0 spiro atoms. The summed E-state index contributed by atoms with van der Waals surface area (Å²) in [6.45, 7) is 5.45. The fourth-order valence-electron chi connectivity index (χ4n) is 1.61. The van der Waals surface area contributed by atoms with Gasteiger partial charge in [0.2, 0.25) is 0 Å². The molecule has 96 valence electrons. The number of rotatable bonds is 1. The molecule has 1 aromatic carbocycles. The van der Waals surface area contributed by atoms with Crippen molar-refractivity contribution in [1.82, 2.24) is 4.98 Å². The first-order valence-electron chi connectivity index (χ1n) is 5.62. The van der Waals surface area contributed by atoms with E-state index in [1.54, 1.807) is 18.3 Å². The van der Waals surface area contributed by atoms with Gasteiger partial charge < -0.3 is 9.72 Å². The van der Waals surface area contributed by atoms with Crippen LogP contribution in [0.4, 0.5) is 10.5 Å². The number of carbonyl (C=O) groups excluding carboxylic acids is 1. The summed E-state index contributed by atoms with van der Waals surface area (Å²) in [5.74, 6) is 0. The Kier molecular flexibility index (Phi) is 3.22. The molecule has 5 heteroatoms. The Balaban J connectivity index is 2.22. The second-order valence-corrected chi connectivity index (χ2v) is 5.46. The van der Waals surface area contributed by atoms with Gasteiger partial charge in [-0.15, -0.1) is 0 Å². The lowest BCUT2D eigenvalue weighted by molar-refractivity contribution is 0.0636. The molecule has 0 atom stereocenters. The van der Waals surface area contributed by atoms with Gasteiger partial charge in [-0.3, -0.25) is 5.32 Å². The zero-order valence-electron chi connectivity index (χ0n) is 10.5. The minimum absolute atomic E-state index is 0.483. The van der Waals surface area contributed by atoms with Crippen molar-refractivity contribution in [3.63, 3.8) is 0 Å². The summed E-state index contributed by atoms with van der Waals surface area (Å²) < 4.78 is 5.19. The lowest BCUT2D eigenvalue weighted by atomic mass is 10.2. The van der Waals surface area contributed by atoms with Gasteiger partial charge in [0, 0.05) is 22.1 Å². The fourth-order valence-corrected chi connectivity index (χ4v) is 1.78. The highest BCUT2D eigenvalue weighted by Gasteiger charge is 2.17. The molecule has 2 rings (SSSR count). The minimum atomic E-state index is -0.520. The summed E-state index contributed by atoms with van der Waals surface area (Å²) in [5, 5.41) is 4.17. The molecule has 0 saturated carbocycles. The van der Waals surface area contributed by atoms with Crippen LogP contribution in [0, 0.1) is 0 Å². The standard InChI is InChI=1S/C13H15ClN2O2/c1-13(2,3)18-12(17)16-11-7-15-10-5-4-8(14)6-9(10)11/h4-7,15H,1-3H3,(H,16,17). The van der Waals surface area contributed by atoms with E-state index < -0.39 is 11.7 Å². The molecule has 0 aliphatic heterocycles. The predicted octanol–water partition coefficient (Wildman–Crippen LogP) is 4.17. The minimum Gasteiger partial charge on any atom is -0.444 e. The maximum absolute atomic E-state index is 11.7. The Morgan fingerprint density at radius 2 is 2.11 bits per heavy atom. The number of aromatic amines is 1. The van der Waals surface area contributed by atoms with Crippen molar-refractivity contribution < 1.29 is 9.53 Å². The molecule has 0 bridgehead atoms. The van der Waals surface area contributed by atoms with E-state index in [0.29, 0.717) is 10.7 Å². The number of H-pyrrole nitrogens is 1. The highest BCUT2D eigenvalue weighted by atomic mass is 35.5. The van der Waals surface area contributed by atoms with Gasteiger partial charge in [-0.2, -0.15) is 0 Å². The number of hydrogen-bond acceptors (Lipinski definition) is 2. The second-order valence-electron chi connectivity index (χ2n) is 5.02. The number of fused-ring (bicyclic) bond motifs is 1. The molecule has 4 nitrogen and oxygen atoms in total. The molecule has 1 aromatic heterocycles. The van der Waals surface area contributed by atoms with Gasteiger partial charge in [-0.05, 0) is 39.0 Å². The Bertz CT molecular complexity index is 584. The zero-order chi connectivity index (χ0) is 13.3. The molecule has 1 heterocycles. The fraction of sp³-hybridized carbons (Fsp3) is 0.308. The summed E-state index contributed by atoms with van der Waals surface area (Å²) in [5.41, 5.74) is 1.04. The molecular weight excluding hydrogens is 252 g/mol. The van der Waals surface area contributed by atoms with Crippen LogP contribution in [0.1, 0.15) is 20.8 Å². The molecule has 0 fully saturated rings. The first kappa shape index (κ1) is 12.8. The summed E-state index contributed by atoms with van der Waals surface area (Å²) in [4.78, 5) is 14.7. The lowest BCUT2D eigenvalue weighted by Crippen LogP contribution is -2.27. The van der Waals surface area contributed by atoms with E-state index in [2.05, 4.69) is 10.3 Å². The first-order chi connectivity index (χ1) is 8.35. The van der Waals surface area contributed by atoms with E-state index in [0.717, 1.165) is 10.9 Å². The molecule has 0 radical (unpaired) electrons. The van der Waals surface area contributed by atoms with Crippen molar-refractivity contribution in [2.75, 3.05) is 5.32 Å². The maximum Gasteiger partial charge on any atom is 0.412 e. The van der Waals surface area contributed by atoms with E-state index >= 15 is 0 Å². The Morgan fingerprint density at radius 1 is 1.39 bits per heavy atom. The molecule has 0 unspecified atom stereocenters. The number of hydrogen-bond donors (Lipinski definition) is 2. The third-order valence-corrected chi connectivity index (χ3v) is 2.51. The van der Waals surface area contributed by atoms with Gasteiger partial charge in [0.15, 0.2) is 0 Å². The molecule has 18 heavy (non-hydrogen) atoms. The smallest absolute Gasteiger partial charge is 0.412 e. The van der Waals surface area contributed by atoms with Crippen LogP contribution in [0.3, 0.4) is 0 Å². The van der Waals surface area contributed by atoms with Crippen molar-refractivity contribution in [3.05, 3.63) is 29.4 Å². The molecular formula is C13H15ClN2O2. The highest BCUT2D eigenvalue weighted by Crippen LogP contribution is 2.26. The van der Waals surface area contributed by atoms with E-state index in [1.807, 2.05) is 26.8 Å². The van der Waals surface area contributed by atoms with Gasteiger partial charge in [-0.25, -0.2) is 4.79 Å². The number of amides is 1. The van der Waals surface area contributed by atoms with E-state index in [4.69, 9.17) is 16.3 Å². The second kappa shape index (κ2) is 4.53. The van der Waals surface area contributed by atoms with Crippen LogP contribution in [0.5, 0.6) is 0 Å². The van der Waals surface area contributed by atoms with Crippen LogP contribution < -0.4 is 5.32 Å². The van der Waals surface area contributed by atoms with Crippen molar-refractivity contribution in [2.45, 2.75) is 26.4 Å². The predicted molar refractivity (Wildman–Crippen MR) is 73.2 cm³/mol. The molecule has 2 aromatic rings. The summed E-state index contributed by atoms with van der Waals surface area (Å²) in [6, 6.07) is 5.44. The normalized spacial score (nSPS) is 11.6. The summed E-state index contributed by atoms with van der Waals surface area (Å²) in [6.07, 6.45) is 1.23. The topological polar surface area (TPSA) is 54.1 Å². The van der Waals surface area contributed by atoms with Gasteiger partial charge in [0.05, 0.1) is 5.69 Å². The van der Waals surface area contributed by atoms with E-state index in [-0.39, 0.29) is 0 Å². The third kappa shape index (κ3) is 2.96. The van der Waals surface area contributed by atoms with Crippen LogP contribution in [0.15, 0.2) is 24.4 Å². The highest BCUT2D eigenvalue weighted by molar-refractivity contribution is 6.31. The average Bonchev–Trinajstić information content (AvgIpc) is 2.58. The number of benzene rings is 1. The largest absolute Gasteiger partial charge is 0.444 e.